The maximum Gasteiger partial charge on any atom is 0.0966 e. The fraction of sp³-hybridized carbons (Fsp3) is 0.571. The minimum Gasteiger partial charge on any atom is -0.388 e. The first-order chi connectivity index (χ1) is 9.34. The second-order valence-electron chi connectivity index (χ2n) is 4.17. The highest BCUT2D eigenvalue weighted by molar-refractivity contribution is 5.17. The number of nitrogens with two attached hydrogens (primary N) is 1. The van der Waals surface area contributed by atoms with Crippen LogP contribution in [0.4, 0.5) is 0 Å². The maximum atomic E-state index is 9.91. The molecule has 1 aromatic rings. The molecule has 0 heterocycles. The fourth-order valence-corrected chi connectivity index (χ4v) is 1.60. The summed E-state index contributed by atoms with van der Waals surface area (Å²) in [5.41, 5.74) is 6.23. The average molecular weight is 268 g/mol. The number of rotatable bonds is 11. The topological polar surface area (TPSA) is 76.7 Å². The number of aliphatic hydroxyl groups excluding tert-OH is 1. The van der Waals surface area contributed by atoms with E-state index in [9.17, 15) is 5.11 Å². The number of benzene rings is 1. The second-order valence-corrected chi connectivity index (χ2v) is 4.17. The number of nitrogens with one attached hydrogen (secondary N) is 1. The monoisotopic (exact) mass is 268 g/mol. The molecule has 0 bridgehead atoms. The van der Waals surface area contributed by atoms with Crippen LogP contribution < -0.4 is 11.1 Å². The Balaban J connectivity index is 1.93. The summed E-state index contributed by atoms with van der Waals surface area (Å²) in [5, 5.41) is 13.0. The van der Waals surface area contributed by atoms with Crippen molar-refractivity contribution in [1.82, 2.24) is 5.32 Å². The Kier molecular flexibility index (Phi) is 9.22. The third-order valence-corrected chi connectivity index (χ3v) is 2.62. The van der Waals surface area contributed by atoms with Crippen LogP contribution in [0.15, 0.2) is 30.3 Å². The number of ether oxygens (including phenoxy) is 2. The zero-order valence-corrected chi connectivity index (χ0v) is 11.3. The van der Waals surface area contributed by atoms with Crippen LogP contribution in [0.25, 0.3) is 0 Å². The molecule has 19 heavy (non-hydrogen) atoms. The summed E-state index contributed by atoms with van der Waals surface area (Å²) >= 11 is 0. The van der Waals surface area contributed by atoms with Gasteiger partial charge in [0, 0.05) is 13.1 Å². The van der Waals surface area contributed by atoms with Crippen LogP contribution in [0.1, 0.15) is 18.1 Å². The van der Waals surface area contributed by atoms with Crippen LogP contribution >= 0.6 is 0 Å². The fourth-order valence-electron chi connectivity index (χ4n) is 1.60. The Bertz CT molecular complexity index is 309. The quantitative estimate of drug-likeness (QED) is 0.406. The molecule has 1 aromatic carbocycles. The molecule has 4 N–H and O–H groups in total. The lowest BCUT2D eigenvalue weighted by molar-refractivity contribution is 0.0419. The van der Waals surface area contributed by atoms with Gasteiger partial charge in [-0.2, -0.15) is 0 Å². The summed E-state index contributed by atoms with van der Waals surface area (Å²) in [6.45, 7) is 3.39. The molecule has 5 heteroatoms. The highest BCUT2D eigenvalue weighted by Gasteiger charge is 2.05. The largest absolute Gasteiger partial charge is 0.388 e. The summed E-state index contributed by atoms with van der Waals surface area (Å²) in [4.78, 5) is 0. The molecular weight excluding hydrogens is 244 g/mol. The van der Waals surface area contributed by atoms with Gasteiger partial charge in [-0.3, -0.25) is 5.32 Å². The smallest absolute Gasteiger partial charge is 0.0966 e. The molecule has 0 aliphatic heterocycles. The number of aliphatic hydroxyl groups is 1. The molecule has 0 amide bonds. The first kappa shape index (κ1) is 16.1. The first-order valence-electron chi connectivity index (χ1n) is 6.64. The van der Waals surface area contributed by atoms with E-state index in [-0.39, 0.29) is 0 Å². The van der Waals surface area contributed by atoms with Crippen molar-refractivity contribution in [3.63, 3.8) is 0 Å². The van der Waals surface area contributed by atoms with Crippen LogP contribution in [0.3, 0.4) is 0 Å². The molecular formula is C14H24N2O3. The lowest BCUT2D eigenvalue weighted by atomic mass is 10.1. The summed E-state index contributed by atoms with van der Waals surface area (Å²) < 4.78 is 10.5. The predicted molar refractivity (Wildman–Crippen MR) is 74.7 cm³/mol. The van der Waals surface area contributed by atoms with E-state index < -0.39 is 6.10 Å². The van der Waals surface area contributed by atoms with E-state index in [0.717, 1.165) is 5.56 Å². The van der Waals surface area contributed by atoms with Crippen molar-refractivity contribution in [2.75, 3.05) is 39.6 Å². The van der Waals surface area contributed by atoms with E-state index in [2.05, 4.69) is 5.32 Å². The van der Waals surface area contributed by atoms with E-state index in [1.54, 1.807) is 0 Å². The zero-order valence-electron chi connectivity index (χ0n) is 11.3. The number of hydrogen-bond donors (Lipinski definition) is 3. The van der Waals surface area contributed by atoms with Gasteiger partial charge in [0.1, 0.15) is 0 Å². The molecule has 1 unspecified atom stereocenters. The molecule has 0 saturated heterocycles. The molecule has 0 saturated carbocycles. The molecule has 0 aliphatic rings. The van der Waals surface area contributed by atoms with Gasteiger partial charge in [0.25, 0.3) is 0 Å². The highest BCUT2D eigenvalue weighted by atomic mass is 16.5. The van der Waals surface area contributed by atoms with Crippen molar-refractivity contribution < 1.29 is 14.6 Å². The van der Waals surface area contributed by atoms with Gasteiger partial charge in [-0.1, -0.05) is 30.3 Å². The van der Waals surface area contributed by atoms with Gasteiger partial charge < -0.3 is 20.3 Å². The van der Waals surface area contributed by atoms with Crippen LogP contribution in [0.2, 0.25) is 0 Å². The van der Waals surface area contributed by atoms with Gasteiger partial charge in [-0.05, 0) is 12.0 Å². The Morgan fingerprint density at radius 1 is 1.11 bits per heavy atom. The summed E-state index contributed by atoms with van der Waals surface area (Å²) in [5.74, 6) is 0. The molecule has 0 radical (unpaired) electrons. The molecule has 108 valence electrons. The van der Waals surface area contributed by atoms with Crippen LogP contribution in [0, 0.1) is 0 Å². The van der Waals surface area contributed by atoms with Gasteiger partial charge in [0.2, 0.25) is 0 Å². The van der Waals surface area contributed by atoms with E-state index in [1.807, 2.05) is 30.3 Å². The van der Waals surface area contributed by atoms with E-state index >= 15 is 0 Å². The van der Waals surface area contributed by atoms with Crippen molar-refractivity contribution in [3.8, 4) is 0 Å². The van der Waals surface area contributed by atoms with Gasteiger partial charge in [-0.15, -0.1) is 0 Å². The van der Waals surface area contributed by atoms with Crippen molar-refractivity contribution >= 4 is 0 Å². The Morgan fingerprint density at radius 3 is 2.58 bits per heavy atom. The van der Waals surface area contributed by atoms with Crippen LogP contribution in [-0.4, -0.2) is 44.7 Å². The molecule has 0 fully saturated rings. The average Bonchev–Trinajstić information content (AvgIpc) is 2.46. The van der Waals surface area contributed by atoms with Crippen LogP contribution in [0.5, 0.6) is 0 Å². The first-order valence-corrected chi connectivity index (χ1v) is 6.64. The minimum atomic E-state index is -0.429. The lowest BCUT2D eigenvalue weighted by Gasteiger charge is -2.11. The highest BCUT2D eigenvalue weighted by Crippen LogP contribution is 2.14. The summed E-state index contributed by atoms with van der Waals surface area (Å²) in [6.07, 6.45) is 0.235. The Labute approximate surface area is 114 Å². The molecule has 5 nitrogen and oxygen atoms in total. The lowest BCUT2D eigenvalue weighted by Crippen LogP contribution is -2.22. The molecule has 0 spiro atoms. The van der Waals surface area contributed by atoms with Crippen LogP contribution in [-0.2, 0) is 9.47 Å². The van der Waals surface area contributed by atoms with Crippen molar-refractivity contribution in [1.29, 1.82) is 0 Å². The second kappa shape index (κ2) is 10.9. The van der Waals surface area contributed by atoms with E-state index in [0.29, 0.717) is 46.1 Å². The van der Waals surface area contributed by atoms with Gasteiger partial charge in [0.05, 0.1) is 32.7 Å². The summed E-state index contributed by atoms with van der Waals surface area (Å²) in [6, 6.07) is 9.65. The van der Waals surface area contributed by atoms with Crippen molar-refractivity contribution in [2.45, 2.75) is 12.5 Å². The van der Waals surface area contributed by atoms with E-state index in [1.165, 1.54) is 0 Å². The predicted octanol–water partition coefficient (Wildman–Crippen LogP) is 0.649. The number of hydrogen-bond acceptors (Lipinski definition) is 5. The van der Waals surface area contributed by atoms with Gasteiger partial charge >= 0.3 is 0 Å². The Morgan fingerprint density at radius 2 is 1.84 bits per heavy atom. The third-order valence-electron chi connectivity index (χ3n) is 2.62. The standard InChI is InChI=1S/C14H24N2O3/c15-7-9-18-10-11-19-12-16-8-6-14(17)13-4-2-1-3-5-13/h1-5,14,16-17H,6-12,15H2. The Hall–Kier alpha value is -0.980. The molecule has 0 aliphatic carbocycles. The third kappa shape index (κ3) is 7.92. The van der Waals surface area contributed by atoms with Crippen molar-refractivity contribution in [2.24, 2.45) is 5.73 Å². The van der Waals surface area contributed by atoms with Gasteiger partial charge in [-0.25, -0.2) is 0 Å². The molecule has 1 rings (SSSR count). The summed E-state index contributed by atoms with van der Waals surface area (Å²) in [7, 11) is 0. The molecule has 0 aromatic heterocycles. The minimum absolute atomic E-state index is 0.429. The zero-order chi connectivity index (χ0) is 13.8. The molecule has 1 atom stereocenters. The van der Waals surface area contributed by atoms with Gasteiger partial charge in [0.15, 0.2) is 0 Å². The SMILES string of the molecule is NCCOCCOCNCCC(O)c1ccccc1. The maximum absolute atomic E-state index is 9.91. The normalized spacial score (nSPS) is 12.5. The van der Waals surface area contributed by atoms with Crippen molar-refractivity contribution in [3.05, 3.63) is 35.9 Å². The van der Waals surface area contributed by atoms with E-state index in [4.69, 9.17) is 15.2 Å².